The molecule has 2 fully saturated rings. The Kier molecular flexibility index (Phi) is 6.02. The summed E-state index contributed by atoms with van der Waals surface area (Å²) < 4.78 is 5.06. The van der Waals surface area contributed by atoms with E-state index >= 15 is 0 Å². The minimum atomic E-state index is -0.954. The largest absolute Gasteiger partial charge is 0.451 e. The highest BCUT2D eigenvalue weighted by Gasteiger charge is 2.50. The number of ether oxygens (including phenoxy) is 1. The van der Waals surface area contributed by atoms with E-state index in [9.17, 15) is 19.2 Å². The second-order valence-electron chi connectivity index (χ2n) is 6.82. The zero-order valence-corrected chi connectivity index (χ0v) is 15.1. The summed E-state index contributed by atoms with van der Waals surface area (Å²) in [5.41, 5.74) is -0.935. The van der Waals surface area contributed by atoms with Crippen LogP contribution in [0.1, 0.15) is 59.3 Å². The summed E-state index contributed by atoms with van der Waals surface area (Å²) in [7, 11) is 0. The number of nitrogens with zero attached hydrogens (tertiary/aromatic N) is 1. The third kappa shape index (κ3) is 4.49. The SMILES string of the molecule is CCCC1(CCC)NC(=O)N(CC(=O)O[C@@H](C)C(=O)NC2CC2)C1=O. The first-order valence-corrected chi connectivity index (χ1v) is 8.97. The smallest absolute Gasteiger partial charge is 0.327 e. The molecule has 1 saturated heterocycles. The van der Waals surface area contributed by atoms with Gasteiger partial charge in [-0.1, -0.05) is 26.7 Å². The zero-order chi connectivity index (χ0) is 18.6. The van der Waals surface area contributed by atoms with Crippen molar-refractivity contribution in [1.29, 1.82) is 0 Å². The van der Waals surface area contributed by atoms with E-state index in [1.54, 1.807) is 0 Å². The number of carbonyl (C=O) groups is 4. The number of carbonyl (C=O) groups excluding carboxylic acids is 4. The minimum Gasteiger partial charge on any atom is -0.451 e. The maximum absolute atomic E-state index is 12.7. The molecular formula is C17H27N3O5. The first-order valence-electron chi connectivity index (χ1n) is 8.97. The molecule has 8 nitrogen and oxygen atoms in total. The van der Waals surface area contributed by atoms with Crippen LogP contribution in [0.25, 0.3) is 0 Å². The van der Waals surface area contributed by atoms with E-state index in [0.29, 0.717) is 12.8 Å². The monoisotopic (exact) mass is 353 g/mol. The fourth-order valence-electron chi connectivity index (χ4n) is 3.10. The fraction of sp³-hybridized carbons (Fsp3) is 0.765. The molecule has 0 radical (unpaired) electrons. The number of hydrogen-bond acceptors (Lipinski definition) is 5. The molecule has 0 unspecified atom stereocenters. The van der Waals surface area contributed by atoms with E-state index in [-0.39, 0.29) is 11.9 Å². The Bertz CT molecular complexity index is 552. The Morgan fingerprint density at radius 3 is 2.40 bits per heavy atom. The second-order valence-corrected chi connectivity index (χ2v) is 6.82. The highest BCUT2D eigenvalue weighted by molar-refractivity contribution is 6.08. The molecule has 8 heteroatoms. The predicted octanol–water partition coefficient (Wildman–Crippen LogP) is 1.09. The van der Waals surface area contributed by atoms with Crippen LogP contribution < -0.4 is 10.6 Å². The standard InChI is InChI=1S/C17H27N3O5/c1-4-8-17(9-5-2)15(23)20(16(24)19-17)10-13(21)25-11(3)14(22)18-12-6-7-12/h11-12H,4-10H2,1-3H3,(H,18,22)(H,19,24)/t11-/m0/s1. The second kappa shape index (κ2) is 7.84. The van der Waals surface area contributed by atoms with Crippen LogP contribution in [0.5, 0.6) is 0 Å². The molecule has 1 atom stereocenters. The van der Waals surface area contributed by atoms with Crippen LogP contribution in [0.2, 0.25) is 0 Å². The maximum Gasteiger partial charge on any atom is 0.327 e. The van der Waals surface area contributed by atoms with Gasteiger partial charge in [0, 0.05) is 6.04 Å². The molecular weight excluding hydrogens is 326 g/mol. The van der Waals surface area contributed by atoms with Crippen LogP contribution in [0.4, 0.5) is 4.79 Å². The molecule has 25 heavy (non-hydrogen) atoms. The summed E-state index contributed by atoms with van der Waals surface area (Å²) in [6.45, 7) is 4.86. The van der Waals surface area contributed by atoms with Crippen molar-refractivity contribution < 1.29 is 23.9 Å². The van der Waals surface area contributed by atoms with Gasteiger partial charge < -0.3 is 15.4 Å². The first-order chi connectivity index (χ1) is 11.8. The number of urea groups is 1. The molecule has 0 aromatic heterocycles. The lowest BCUT2D eigenvalue weighted by atomic mass is 9.88. The Labute approximate surface area is 147 Å². The first kappa shape index (κ1) is 19.2. The van der Waals surface area contributed by atoms with Crippen LogP contribution >= 0.6 is 0 Å². The molecule has 1 aliphatic carbocycles. The van der Waals surface area contributed by atoms with Crippen LogP contribution in [-0.4, -0.2) is 52.9 Å². The van der Waals surface area contributed by atoms with Gasteiger partial charge in [0.25, 0.3) is 11.8 Å². The number of rotatable bonds is 9. The van der Waals surface area contributed by atoms with Crippen LogP contribution in [0, 0.1) is 0 Å². The van der Waals surface area contributed by atoms with Gasteiger partial charge in [0.2, 0.25) is 0 Å². The molecule has 0 bridgehead atoms. The lowest BCUT2D eigenvalue weighted by Crippen LogP contribution is -2.47. The third-order valence-electron chi connectivity index (χ3n) is 4.49. The summed E-state index contributed by atoms with van der Waals surface area (Å²) in [6, 6.07) is -0.415. The van der Waals surface area contributed by atoms with E-state index in [0.717, 1.165) is 30.6 Å². The van der Waals surface area contributed by atoms with Crippen molar-refractivity contribution >= 4 is 23.8 Å². The van der Waals surface area contributed by atoms with E-state index in [2.05, 4.69) is 10.6 Å². The van der Waals surface area contributed by atoms with Crippen LogP contribution in [0.3, 0.4) is 0 Å². The molecule has 2 aliphatic rings. The molecule has 1 heterocycles. The van der Waals surface area contributed by atoms with Crippen LogP contribution in [-0.2, 0) is 19.1 Å². The molecule has 2 rings (SSSR count). The van der Waals surface area contributed by atoms with Crippen LogP contribution in [0.15, 0.2) is 0 Å². The zero-order valence-electron chi connectivity index (χ0n) is 15.1. The van der Waals surface area contributed by atoms with E-state index in [1.807, 2.05) is 13.8 Å². The highest BCUT2D eigenvalue weighted by atomic mass is 16.5. The van der Waals surface area contributed by atoms with Gasteiger partial charge in [-0.05, 0) is 32.6 Å². The topological polar surface area (TPSA) is 105 Å². The van der Waals surface area contributed by atoms with Gasteiger partial charge >= 0.3 is 12.0 Å². The van der Waals surface area contributed by atoms with Gasteiger partial charge in [0.15, 0.2) is 6.10 Å². The molecule has 1 saturated carbocycles. The van der Waals surface area contributed by atoms with Crippen molar-refractivity contribution in [2.75, 3.05) is 6.54 Å². The van der Waals surface area contributed by atoms with E-state index in [1.165, 1.54) is 6.92 Å². The van der Waals surface area contributed by atoms with Gasteiger partial charge in [-0.3, -0.25) is 19.3 Å². The van der Waals surface area contributed by atoms with Crippen molar-refractivity contribution in [2.24, 2.45) is 0 Å². The number of esters is 1. The Balaban J connectivity index is 1.93. The Morgan fingerprint density at radius 2 is 1.88 bits per heavy atom. The lowest BCUT2D eigenvalue weighted by Gasteiger charge is -2.25. The lowest BCUT2D eigenvalue weighted by molar-refractivity contribution is -0.156. The normalized spacial score (nSPS) is 20.2. The number of amides is 4. The van der Waals surface area contributed by atoms with Gasteiger partial charge in [0.05, 0.1) is 0 Å². The fourth-order valence-corrected chi connectivity index (χ4v) is 3.10. The molecule has 2 N–H and O–H groups in total. The van der Waals surface area contributed by atoms with Gasteiger partial charge in [-0.25, -0.2) is 4.79 Å². The van der Waals surface area contributed by atoms with Crippen molar-refractivity contribution in [3.8, 4) is 0 Å². The minimum absolute atomic E-state index is 0.170. The quantitative estimate of drug-likeness (QED) is 0.477. The van der Waals surface area contributed by atoms with Crippen molar-refractivity contribution in [3.63, 3.8) is 0 Å². The van der Waals surface area contributed by atoms with Gasteiger partial charge in [-0.15, -0.1) is 0 Å². The average molecular weight is 353 g/mol. The van der Waals surface area contributed by atoms with Crippen molar-refractivity contribution in [2.45, 2.75) is 77.0 Å². The number of imide groups is 1. The highest BCUT2D eigenvalue weighted by Crippen LogP contribution is 2.28. The molecule has 140 valence electrons. The molecule has 1 aliphatic heterocycles. The summed E-state index contributed by atoms with van der Waals surface area (Å²) in [5, 5.41) is 5.48. The summed E-state index contributed by atoms with van der Waals surface area (Å²) in [6.07, 6.45) is 3.45. The number of nitrogens with one attached hydrogen (secondary N) is 2. The van der Waals surface area contributed by atoms with Crippen molar-refractivity contribution in [3.05, 3.63) is 0 Å². The van der Waals surface area contributed by atoms with Gasteiger partial charge in [-0.2, -0.15) is 0 Å². The Hall–Kier alpha value is -2.12. The Morgan fingerprint density at radius 1 is 1.28 bits per heavy atom. The molecule has 0 aromatic rings. The number of hydrogen-bond donors (Lipinski definition) is 2. The van der Waals surface area contributed by atoms with E-state index in [4.69, 9.17) is 4.74 Å². The van der Waals surface area contributed by atoms with E-state index < -0.39 is 36.1 Å². The molecule has 0 spiro atoms. The summed E-state index contributed by atoms with van der Waals surface area (Å²) >= 11 is 0. The molecule has 0 aromatic carbocycles. The predicted molar refractivity (Wildman–Crippen MR) is 89.5 cm³/mol. The summed E-state index contributed by atoms with van der Waals surface area (Å²) in [4.78, 5) is 49.6. The third-order valence-corrected chi connectivity index (χ3v) is 4.49. The molecule has 4 amide bonds. The summed E-state index contributed by atoms with van der Waals surface area (Å²) in [5.74, 6) is -1.53. The van der Waals surface area contributed by atoms with Crippen molar-refractivity contribution in [1.82, 2.24) is 15.5 Å². The average Bonchev–Trinajstić information content (AvgIpc) is 3.32. The maximum atomic E-state index is 12.7. The van der Waals surface area contributed by atoms with Gasteiger partial charge in [0.1, 0.15) is 12.1 Å².